The van der Waals surface area contributed by atoms with E-state index >= 15 is 0 Å². The highest BCUT2D eigenvalue weighted by molar-refractivity contribution is 7.89. The molecule has 0 aliphatic heterocycles. The zero-order valence-corrected chi connectivity index (χ0v) is 11.2. The molecule has 1 saturated carbocycles. The van der Waals surface area contributed by atoms with Crippen molar-refractivity contribution in [2.24, 2.45) is 5.92 Å². The van der Waals surface area contributed by atoms with Crippen LogP contribution >= 0.6 is 0 Å². The lowest BCUT2D eigenvalue weighted by Gasteiger charge is -2.13. The monoisotopic (exact) mass is 249 g/mol. The summed E-state index contributed by atoms with van der Waals surface area (Å²) in [6.45, 7) is 6.24. The van der Waals surface area contributed by atoms with Gasteiger partial charge in [-0.05, 0) is 39.0 Å². The van der Waals surface area contributed by atoms with Gasteiger partial charge in [-0.25, -0.2) is 13.1 Å². The van der Waals surface area contributed by atoms with Crippen molar-refractivity contribution in [3.63, 3.8) is 0 Å². The minimum Gasteiger partial charge on any atom is -0.378 e. The Bertz CT molecular complexity index is 300. The van der Waals surface area contributed by atoms with Gasteiger partial charge in [0.2, 0.25) is 10.0 Å². The molecule has 0 bridgehead atoms. The molecule has 1 N–H and O–H groups in total. The summed E-state index contributed by atoms with van der Waals surface area (Å²) in [6, 6.07) is 0.138. The molecule has 0 heterocycles. The van der Waals surface area contributed by atoms with Gasteiger partial charge >= 0.3 is 0 Å². The fourth-order valence-corrected chi connectivity index (χ4v) is 3.18. The lowest BCUT2D eigenvalue weighted by atomic mass is 10.1. The van der Waals surface area contributed by atoms with Gasteiger partial charge in [0, 0.05) is 6.04 Å². The van der Waals surface area contributed by atoms with Gasteiger partial charge in [0.25, 0.3) is 0 Å². The average molecular weight is 249 g/mol. The van der Waals surface area contributed by atoms with Crippen LogP contribution in [0.1, 0.15) is 40.0 Å². The fourth-order valence-electron chi connectivity index (χ4n) is 2.02. The molecule has 0 radical (unpaired) electrons. The second-order valence-electron chi connectivity index (χ2n) is 4.97. The van der Waals surface area contributed by atoms with Crippen molar-refractivity contribution in [3.8, 4) is 0 Å². The van der Waals surface area contributed by atoms with E-state index in [1.54, 1.807) is 0 Å². The maximum Gasteiger partial charge on any atom is 0.214 e. The standard InChI is InChI=1S/C11H23NO3S/c1-9(2)15-6-7-16(13,14)12-11-5-4-10(3)8-11/h9-12H,4-8H2,1-3H3. The largest absolute Gasteiger partial charge is 0.378 e. The minimum atomic E-state index is -3.16. The van der Waals surface area contributed by atoms with Gasteiger partial charge in [0.05, 0.1) is 18.5 Å². The summed E-state index contributed by atoms with van der Waals surface area (Å²) in [7, 11) is -3.16. The summed E-state index contributed by atoms with van der Waals surface area (Å²) in [4.78, 5) is 0. The Labute approximate surface area is 98.8 Å². The van der Waals surface area contributed by atoms with Crippen LogP contribution in [0.15, 0.2) is 0 Å². The summed E-state index contributed by atoms with van der Waals surface area (Å²) in [5.74, 6) is 0.704. The second-order valence-corrected chi connectivity index (χ2v) is 6.84. The number of hydrogen-bond acceptors (Lipinski definition) is 3. The van der Waals surface area contributed by atoms with Crippen molar-refractivity contribution in [1.29, 1.82) is 0 Å². The zero-order chi connectivity index (χ0) is 12.2. The predicted octanol–water partition coefficient (Wildman–Crippen LogP) is 1.52. The molecule has 4 nitrogen and oxygen atoms in total. The molecule has 1 aliphatic rings. The van der Waals surface area contributed by atoms with Gasteiger partial charge in [-0.2, -0.15) is 0 Å². The Kier molecular flexibility index (Phi) is 5.21. The zero-order valence-electron chi connectivity index (χ0n) is 10.4. The molecule has 0 amide bonds. The van der Waals surface area contributed by atoms with E-state index in [9.17, 15) is 8.42 Å². The molecule has 2 atom stereocenters. The van der Waals surface area contributed by atoms with Crippen LogP contribution in [0.4, 0.5) is 0 Å². The normalized spacial score (nSPS) is 26.5. The molecular weight excluding hydrogens is 226 g/mol. The van der Waals surface area contributed by atoms with E-state index in [0.29, 0.717) is 5.92 Å². The fraction of sp³-hybridized carbons (Fsp3) is 1.00. The Balaban J connectivity index is 2.28. The first-order valence-corrected chi connectivity index (χ1v) is 7.66. The van der Waals surface area contributed by atoms with Crippen LogP contribution in [-0.2, 0) is 14.8 Å². The molecular formula is C11H23NO3S. The van der Waals surface area contributed by atoms with Crippen LogP contribution in [0.3, 0.4) is 0 Å². The van der Waals surface area contributed by atoms with Crippen LogP contribution in [0, 0.1) is 5.92 Å². The molecule has 5 heteroatoms. The molecule has 1 fully saturated rings. The molecule has 0 aromatic rings. The highest BCUT2D eigenvalue weighted by atomic mass is 32.2. The topological polar surface area (TPSA) is 55.4 Å². The number of sulfonamides is 1. The van der Waals surface area contributed by atoms with Gasteiger partial charge in [0.15, 0.2) is 0 Å². The summed E-state index contributed by atoms with van der Waals surface area (Å²) in [6.07, 6.45) is 3.13. The smallest absolute Gasteiger partial charge is 0.214 e. The molecule has 0 aromatic carbocycles. The van der Waals surface area contributed by atoms with E-state index in [-0.39, 0.29) is 24.5 Å². The van der Waals surface area contributed by atoms with Crippen LogP contribution in [0.5, 0.6) is 0 Å². The molecule has 0 saturated heterocycles. The Hall–Kier alpha value is -0.130. The summed E-state index contributed by atoms with van der Waals surface area (Å²) >= 11 is 0. The van der Waals surface area contributed by atoms with Crippen LogP contribution in [-0.4, -0.2) is 32.9 Å². The van der Waals surface area contributed by atoms with Gasteiger partial charge in [-0.15, -0.1) is 0 Å². The first kappa shape index (κ1) is 13.9. The lowest BCUT2D eigenvalue weighted by Crippen LogP contribution is -2.36. The quantitative estimate of drug-likeness (QED) is 0.776. The molecule has 16 heavy (non-hydrogen) atoms. The van der Waals surface area contributed by atoms with E-state index in [2.05, 4.69) is 11.6 Å². The highest BCUT2D eigenvalue weighted by Crippen LogP contribution is 2.24. The first-order valence-electron chi connectivity index (χ1n) is 6.00. The molecule has 1 rings (SSSR count). The minimum absolute atomic E-state index is 0.0655. The molecule has 0 spiro atoms. The third-order valence-corrected chi connectivity index (χ3v) is 4.24. The van der Waals surface area contributed by atoms with Gasteiger partial charge in [-0.1, -0.05) is 6.92 Å². The Morgan fingerprint density at radius 2 is 2.06 bits per heavy atom. The van der Waals surface area contributed by atoms with Crippen LogP contribution < -0.4 is 4.72 Å². The SMILES string of the molecule is CC1CCC(NS(=O)(=O)CCOC(C)C)C1. The highest BCUT2D eigenvalue weighted by Gasteiger charge is 2.25. The van der Waals surface area contributed by atoms with E-state index < -0.39 is 10.0 Å². The third-order valence-electron chi connectivity index (χ3n) is 2.84. The van der Waals surface area contributed by atoms with Crippen LogP contribution in [0.2, 0.25) is 0 Å². The van der Waals surface area contributed by atoms with Gasteiger partial charge < -0.3 is 4.74 Å². The number of nitrogens with one attached hydrogen (secondary N) is 1. The Morgan fingerprint density at radius 3 is 2.56 bits per heavy atom. The molecule has 96 valence electrons. The molecule has 1 aliphatic carbocycles. The molecule has 2 unspecified atom stereocenters. The van der Waals surface area contributed by atoms with Crippen molar-refractivity contribution in [1.82, 2.24) is 4.72 Å². The van der Waals surface area contributed by atoms with E-state index in [1.165, 1.54) is 0 Å². The van der Waals surface area contributed by atoms with Crippen LogP contribution in [0.25, 0.3) is 0 Å². The van der Waals surface area contributed by atoms with Crippen molar-refractivity contribution >= 4 is 10.0 Å². The van der Waals surface area contributed by atoms with Crippen molar-refractivity contribution < 1.29 is 13.2 Å². The van der Waals surface area contributed by atoms with Crippen molar-refractivity contribution in [3.05, 3.63) is 0 Å². The summed E-state index contributed by atoms with van der Waals surface area (Å²) in [5.41, 5.74) is 0. The maximum absolute atomic E-state index is 11.7. The maximum atomic E-state index is 11.7. The van der Waals surface area contributed by atoms with Gasteiger partial charge in [-0.3, -0.25) is 0 Å². The lowest BCUT2D eigenvalue weighted by molar-refractivity contribution is 0.0911. The number of hydrogen-bond donors (Lipinski definition) is 1. The van der Waals surface area contributed by atoms with Crippen molar-refractivity contribution in [2.45, 2.75) is 52.2 Å². The number of ether oxygens (including phenoxy) is 1. The average Bonchev–Trinajstić information content (AvgIpc) is 2.48. The second kappa shape index (κ2) is 5.98. The van der Waals surface area contributed by atoms with E-state index in [1.807, 2.05) is 13.8 Å². The third kappa shape index (κ3) is 5.27. The first-order chi connectivity index (χ1) is 7.39. The van der Waals surface area contributed by atoms with E-state index in [4.69, 9.17) is 4.74 Å². The van der Waals surface area contributed by atoms with E-state index in [0.717, 1.165) is 19.3 Å². The van der Waals surface area contributed by atoms with Gasteiger partial charge in [0.1, 0.15) is 0 Å². The summed E-state index contributed by atoms with van der Waals surface area (Å²) < 4.78 is 31.4. The van der Waals surface area contributed by atoms with Crippen molar-refractivity contribution in [2.75, 3.05) is 12.4 Å². The number of rotatable bonds is 6. The molecule has 0 aromatic heterocycles. The summed E-state index contributed by atoms with van der Waals surface area (Å²) in [5, 5.41) is 0. The Morgan fingerprint density at radius 1 is 1.38 bits per heavy atom. The predicted molar refractivity (Wildman–Crippen MR) is 64.8 cm³/mol.